The van der Waals surface area contributed by atoms with Gasteiger partial charge in [0.25, 0.3) is 0 Å². The lowest BCUT2D eigenvalue weighted by atomic mass is 10.2. The van der Waals surface area contributed by atoms with E-state index in [4.69, 9.17) is 0 Å². The van der Waals surface area contributed by atoms with E-state index in [9.17, 15) is 4.39 Å². The number of benzene rings is 2. The highest BCUT2D eigenvalue weighted by Gasteiger charge is 2.11. The molecule has 0 atom stereocenters. The number of fused-ring (bicyclic) bond motifs is 1. The van der Waals surface area contributed by atoms with Crippen LogP contribution in [0.2, 0.25) is 0 Å². The van der Waals surface area contributed by atoms with Crippen molar-refractivity contribution in [3.05, 3.63) is 91.5 Å². The van der Waals surface area contributed by atoms with Crippen LogP contribution in [0.1, 0.15) is 0 Å². The summed E-state index contributed by atoms with van der Waals surface area (Å²) in [6, 6.07) is 16.4. The van der Waals surface area contributed by atoms with Crippen LogP contribution in [-0.2, 0) is 0 Å². The average molecular weight is 382 g/mol. The quantitative estimate of drug-likeness (QED) is 0.485. The molecule has 0 bridgehead atoms. The summed E-state index contributed by atoms with van der Waals surface area (Å²) < 4.78 is 16.3. The summed E-state index contributed by atoms with van der Waals surface area (Å²) in [5.74, 6) is 0.821. The lowest BCUT2D eigenvalue weighted by Gasteiger charge is -2.12. The van der Waals surface area contributed by atoms with Crippen LogP contribution in [0, 0.1) is 5.82 Å². The fourth-order valence-corrected chi connectivity index (χ4v) is 3.13. The van der Waals surface area contributed by atoms with Crippen LogP contribution in [0.15, 0.2) is 85.7 Å². The van der Waals surface area contributed by atoms with Gasteiger partial charge in [-0.1, -0.05) is 12.1 Å². The van der Waals surface area contributed by atoms with Gasteiger partial charge in [-0.3, -0.25) is 4.98 Å². The van der Waals surface area contributed by atoms with Crippen LogP contribution in [0.4, 0.5) is 15.9 Å². The number of imidazole rings is 1. The van der Waals surface area contributed by atoms with Crippen molar-refractivity contribution in [1.82, 2.24) is 24.5 Å². The molecule has 6 nitrogen and oxygen atoms in total. The van der Waals surface area contributed by atoms with E-state index in [2.05, 4.69) is 25.3 Å². The number of hydrogen-bond donors (Lipinski definition) is 1. The Balaban J connectivity index is 1.57. The topological polar surface area (TPSA) is 68.5 Å². The van der Waals surface area contributed by atoms with Crippen LogP contribution >= 0.6 is 0 Å². The second kappa shape index (κ2) is 7.12. The summed E-state index contributed by atoms with van der Waals surface area (Å²) in [6.45, 7) is 0. The summed E-state index contributed by atoms with van der Waals surface area (Å²) in [5, 5.41) is 4.09. The number of nitrogens with zero attached hydrogens (tertiary/aromatic N) is 5. The molecular formula is C22H15FN6. The smallest absolute Gasteiger partial charge is 0.162 e. The van der Waals surface area contributed by atoms with E-state index in [0.29, 0.717) is 23.0 Å². The molecule has 0 spiro atoms. The SMILES string of the molecule is Fc1cc(Nc2nc(-c3ccncc3)nc3ccccc23)ccc1-n1ccnc1. The van der Waals surface area contributed by atoms with Gasteiger partial charge >= 0.3 is 0 Å². The van der Waals surface area contributed by atoms with Gasteiger partial charge in [0.05, 0.1) is 17.5 Å². The molecule has 0 radical (unpaired) electrons. The summed E-state index contributed by atoms with van der Waals surface area (Å²) in [4.78, 5) is 17.3. The van der Waals surface area contributed by atoms with Crippen LogP contribution in [-0.4, -0.2) is 24.5 Å². The lowest BCUT2D eigenvalue weighted by molar-refractivity contribution is 0.618. The van der Waals surface area contributed by atoms with Crippen LogP contribution in [0.5, 0.6) is 0 Å². The first kappa shape index (κ1) is 17.0. The maximum atomic E-state index is 14.6. The first-order valence-electron chi connectivity index (χ1n) is 9.00. The number of rotatable bonds is 4. The predicted molar refractivity (Wildman–Crippen MR) is 110 cm³/mol. The summed E-state index contributed by atoms with van der Waals surface area (Å²) in [7, 11) is 0. The van der Waals surface area contributed by atoms with E-state index in [0.717, 1.165) is 16.5 Å². The first-order chi connectivity index (χ1) is 14.3. The number of para-hydroxylation sites is 1. The van der Waals surface area contributed by atoms with Gasteiger partial charge in [-0.25, -0.2) is 19.3 Å². The molecule has 0 amide bonds. The normalized spacial score (nSPS) is 10.9. The molecule has 29 heavy (non-hydrogen) atoms. The van der Waals surface area contributed by atoms with E-state index in [1.165, 1.54) is 6.07 Å². The molecule has 2 aromatic carbocycles. The van der Waals surface area contributed by atoms with Crippen molar-refractivity contribution in [2.45, 2.75) is 0 Å². The van der Waals surface area contributed by atoms with Gasteiger partial charge in [-0.2, -0.15) is 0 Å². The molecule has 0 aliphatic heterocycles. The zero-order chi connectivity index (χ0) is 19.6. The largest absolute Gasteiger partial charge is 0.340 e. The molecule has 0 saturated carbocycles. The molecule has 0 fully saturated rings. The summed E-state index contributed by atoms with van der Waals surface area (Å²) in [5.41, 5.74) is 2.68. The van der Waals surface area contributed by atoms with E-state index >= 15 is 0 Å². The Morgan fingerprint density at radius 1 is 0.862 bits per heavy atom. The van der Waals surface area contributed by atoms with Gasteiger partial charge in [0.1, 0.15) is 11.6 Å². The number of anilines is 2. The Hall–Kier alpha value is -4.13. The van der Waals surface area contributed by atoms with Crippen LogP contribution in [0.3, 0.4) is 0 Å². The Morgan fingerprint density at radius 2 is 1.72 bits per heavy atom. The van der Waals surface area contributed by atoms with Crippen molar-refractivity contribution >= 4 is 22.4 Å². The molecule has 1 N–H and O–H groups in total. The molecule has 5 aromatic rings. The minimum atomic E-state index is -0.360. The molecule has 0 aliphatic rings. The molecule has 0 saturated heterocycles. The molecular weight excluding hydrogens is 367 g/mol. The van der Waals surface area contributed by atoms with Crippen molar-refractivity contribution < 1.29 is 4.39 Å². The van der Waals surface area contributed by atoms with Gasteiger partial charge in [-0.15, -0.1) is 0 Å². The number of nitrogens with one attached hydrogen (secondary N) is 1. The number of hydrogen-bond acceptors (Lipinski definition) is 5. The molecule has 5 rings (SSSR count). The van der Waals surface area contributed by atoms with Crippen molar-refractivity contribution in [3.63, 3.8) is 0 Å². The molecule has 0 unspecified atom stereocenters. The zero-order valence-electron chi connectivity index (χ0n) is 15.2. The highest BCUT2D eigenvalue weighted by atomic mass is 19.1. The van der Waals surface area contributed by atoms with Gasteiger partial charge < -0.3 is 9.88 Å². The molecule has 0 aliphatic carbocycles. The van der Waals surface area contributed by atoms with Gasteiger partial charge in [0.2, 0.25) is 0 Å². The van der Waals surface area contributed by atoms with Crippen LogP contribution in [0.25, 0.3) is 28.0 Å². The van der Waals surface area contributed by atoms with Crippen molar-refractivity contribution in [2.75, 3.05) is 5.32 Å². The third kappa shape index (κ3) is 3.29. The fourth-order valence-electron chi connectivity index (χ4n) is 3.13. The number of aromatic nitrogens is 5. The minimum Gasteiger partial charge on any atom is -0.340 e. The first-order valence-corrected chi connectivity index (χ1v) is 9.00. The summed E-state index contributed by atoms with van der Waals surface area (Å²) in [6.07, 6.45) is 8.27. The van der Waals surface area contributed by atoms with Crippen molar-refractivity contribution in [1.29, 1.82) is 0 Å². The molecule has 7 heteroatoms. The van der Waals surface area contributed by atoms with E-state index < -0.39 is 0 Å². The zero-order valence-corrected chi connectivity index (χ0v) is 15.2. The Labute approximate surface area is 165 Å². The third-order valence-corrected chi connectivity index (χ3v) is 4.53. The Bertz CT molecular complexity index is 1290. The number of halogens is 1. The average Bonchev–Trinajstić information content (AvgIpc) is 3.29. The summed E-state index contributed by atoms with van der Waals surface area (Å²) >= 11 is 0. The molecule has 3 aromatic heterocycles. The highest BCUT2D eigenvalue weighted by Crippen LogP contribution is 2.28. The number of pyridine rings is 1. The fraction of sp³-hybridized carbons (Fsp3) is 0. The second-order valence-electron chi connectivity index (χ2n) is 6.41. The van der Waals surface area contributed by atoms with Gasteiger partial charge in [0, 0.05) is 41.4 Å². The Morgan fingerprint density at radius 3 is 2.52 bits per heavy atom. The lowest BCUT2D eigenvalue weighted by Crippen LogP contribution is -2.01. The predicted octanol–water partition coefficient (Wildman–Crippen LogP) is 4.76. The Kier molecular flexibility index (Phi) is 4.18. The highest BCUT2D eigenvalue weighted by molar-refractivity contribution is 5.92. The van der Waals surface area contributed by atoms with E-state index in [1.807, 2.05) is 36.4 Å². The van der Waals surface area contributed by atoms with E-state index in [-0.39, 0.29) is 5.82 Å². The standard InChI is InChI=1S/C22H15FN6/c23-18-13-16(5-6-20(18)29-12-11-25-14-29)26-22-17-3-1-2-4-19(17)27-21(28-22)15-7-9-24-10-8-15/h1-14H,(H,26,27,28). The monoisotopic (exact) mass is 382 g/mol. The molecule has 3 heterocycles. The molecule has 140 valence electrons. The second-order valence-corrected chi connectivity index (χ2v) is 6.41. The van der Waals surface area contributed by atoms with Crippen LogP contribution < -0.4 is 5.32 Å². The van der Waals surface area contributed by atoms with Crippen molar-refractivity contribution in [3.8, 4) is 17.1 Å². The van der Waals surface area contributed by atoms with Gasteiger partial charge in [-0.05, 0) is 42.5 Å². The maximum absolute atomic E-state index is 14.6. The third-order valence-electron chi connectivity index (χ3n) is 4.53. The van der Waals surface area contributed by atoms with Gasteiger partial charge in [0.15, 0.2) is 5.82 Å². The maximum Gasteiger partial charge on any atom is 0.162 e. The minimum absolute atomic E-state index is 0.360. The van der Waals surface area contributed by atoms with E-state index in [1.54, 1.807) is 47.8 Å². The van der Waals surface area contributed by atoms with Crippen molar-refractivity contribution in [2.24, 2.45) is 0 Å².